The monoisotopic (exact) mass is 277 g/mol. The molecule has 4 heteroatoms. The predicted molar refractivity (Wildman–Crippen MR) is 80.7 cm³/mol. The predicted octanol–water partition coefficient (Wildman–Crippen LogP) is 3.36. The SMILES string of the molecule is Cc1n[nH]c(C)c1C(=O)NC1CC(C)(C)CC(C)(C)C1. The maximum atomic E-state index is 12.5. The first-order chi connectivity index (χ1) is 9.10. The molecule has 2 N–H and O–H groups in total. The number of aromatic nitrogens is 2. The molecule has 0 spiro atoms. The van der Waals surface area contributed by atoms with Gasteiger partial charge in [-0.25, -0.2) is 0 Å². The molecule has 0 aromatic carbocycles. The molecule has 2 rings (SSSR count). The minimum atomic E-state index is 0.00671. The Balaban J connectivity index is 2.12. The van der Waals surface area contributed by atoms with E-state index < -0.39 is 0 Å². The highest BCUT2D eigenvalue weighted by Crippen LogP contribution is 2.45. The van der Waals surface area contributed by atoms with Gasteiger partial charge in [-0.3, -0.25) is 9.89 Å². The maximum Gasteiger partial charge on any atom is 0.255 e. The highest BCUT2D eigenvalue weighted by atomic mass is 16.1. The number of hydrogen-bond donors (Lipinski definition) is 2. The Morgan fingerprint density at radius 1 is 1.20 bits per heavy atom. The first-order valence-corrected chi connectivity index (χ1v) is 7.42. The molecule has 1 amide bonds. The summed E-state index contributed by atoms with van der Waals surface area (Å²) in [6, 6.07) is 0.245. The third-order valence-corrected chi connectivity index (χ3v) is 4.25. The van der Waals surface area contributed by atoms with Gasteiger partial charge in [0.15, 0.2) is 0 Å². The molecule has 0 saturated heterocycles. The first kappa shape index (κ1) is 15.1. The molecule has 1 aromatic rings. The summed E-state index contributed by atoms with van der Waals surface area (Å²) in [6.45, 7) is 12.9. The number of carbonyl (C=O) groups is 1. The third kappa shape index (κ3) is 3.22. The van der Waals surface area contributed by atoms with Crippen LogP contribution in [-0.4, -0.2) is 22.1 Å². The van der Waals surface area contributed by atoms with Crippen molar-refractivity contribution in [3.05, 3.63) is 17.0 Å². The van der Waals surface area contributed by atoms with Crippen LogP contribution in [0.2, 0.25) is 0 Å². The molecule has 1 fully saturated rings. The van der Waals surface area contributed by atoms with Crippen LogP contribution >= 0.6 is 0 Å². The molecule has 0 unspecified atom stereocenters. The molecule has 0 aliphatic heterocycles. The normalized spacial score (nSPS) is 21.7. The van der Waals surface area contributed by atoms with Crippen molar-refractivity contribution in [1.29, 1.82) is 0 Å². The zero-order valence-electron chi connectivity index (χ0n) is 13.6. The van der Waals surface area contributed by atoms with Gasteiger partial charge >= 0.3 is 0 Å². The lowest BCUT2D eigenvalue weighted by Crippen LogP contribution is -2.46. The number of aromatic amines is 1. The van der Waals surface area contributed by atoms with Gasteiger partial charge < -0.3 is 5.32 Å². The van der Waals surface area contributed by atoms with Crippen LogP contribution in [0.25, 0.3) is 0 Å². The lowest BCUT2D eigenvalue weighted by atomic mass is 9.63. The van der Waals surface area contributed by atoms with Gasteiger partial charge in [0.25, 0.3) is 5.91 Å². The largest absolute Gasteiger partial charge is 0.349 e. The number of nitrogens with one attached hydrogen (secondary N) is 2. The van der Waals surface area contributed by atoms with Crippen LogP contribution in [0.4, 0.5) is 0 Å². The summed E-state index contributed by atoms with van der Waals surface area (Å²) >= 11 is 0. The zero-order valence-corrected chi connectivity index (χ0v) is 13.6. The Hall–Kier alpha value is -1.32. The summed E-state index contributed by atoms with van der Waals surface area (Å²) in [6.07, 6.45) is 3.28. The number of H-pyrrole nitrogens is 1. The van der Waals surface area contributed by atoms with Crippen LogP contribution in [0.5, 0.6) is 0 Å². The molecular weight excluding hydrogens is 250 g/mol. The minimum absolute atomic E-state index is 0.00671. The highest BCUT2D eigenvalue weighted by Gasteiger charge is 2.39. The smallest absolute Gasteiger partial charge is 0.255 e. The Morgan fingerprint density at radius 3 is 2.20 bits per heavy atom. The zero-order chi connectivity index (χ0) is 15.1. The van der Waals surface area contributed by atoms with Gasteiger partial charge in [-0.15, -0.1) is 0 Å². The van der Waals surface area contributed by atoms with Gasteiger partial charge in [0.05, 0.1) is 11.3 Å². The molecule has 1 saturated carbocycles. The summed E-state index contributed by atoms with van der Waals surface area (Å²) in [4.78, 5) is 12.5. The van der Waals surface area contributed by atoms with Gasteiger partial charge in [-0.2, -0.15) is 5.10 Å². The molecular formula is C16H27N3O. The van der Waals surface area contributed by atoms with Gasteiger partial charge in [0.1, 0.15) is 0 Å². The van der Waals surface area contributed by atoms with E-state index in [0.29, 0.717) is 5.56 Å². The van der Waals surface area contributed by atoms with E-state index in [0.717, 1.165) is 24.2 Å². The van der Waals surface area contributed by atoms with Gasteiger partial charge in [0.2, 0.25) is 0 Å². The number of carbonyl (C=O) groups excluding carboxylic acids is 1. The summed E-state index contributed by atoms with van der Waals surface area (Å²) in [7, 11) is 0. The van der Waals surface area contributed by atoms with E-state index in [1.54, 1.807) is 0 Å². The van der Waals surface area contributed by atoms with Crippen LogP contribution in [0.15, 0.2) is 0 Å². The quantitative estimate of drug-likeness (QED) is 0.871. The number of amides is 1. The number of hydrogen-bond acceptors (Lipinski definition) is 2. The third-order valence-electron chi connectivity index (χ3n) is 4.25. The summed E-state index contributed by atoms with van der Waals surface area (Å²) in [5.74, 6) is 0.00671. The van der Waals surface area contributed by atoms with Crippen molar-refractivity contribution in [3.63, 3.8) is 0 Å². The molecule has 4 nitrogen and oxygen atoms in total. The van der Waals surface area contributed by atoms with Crippen molar-refractivity contribution in [2.75, 3.05) is 0 Å². The van der Waals surface area contributed by atoms with E-state index in [-0.39, 0.29) is 22.8 Å². The van der Waals surface area contributed by atoms with Gasteiger partial charge in [-0.05, 0) is 43.9 Å². The van der Waals surface area contributed by atoms with Crippen molar-refractivity contribution in [2.45, 2.75) is 66.8 Å². The Bertz CT molecular complexity index is 478. The van der Waals surface area contributed by atoms with Crippen molar-refractivity contribution in [1.82, 2.24) is 15.5 Å². The molecule has 1 heterocycles. The Labute approximate surface area is 121 Å². The molecule has 1 aromatic heterocycles. The molecule has 0 bridgehead atoms. The topological polar surface area (TPSA) is 57.8 Å². The first-order valence-electron chi connectivity index (χ1n) is 7.42. The van der Waals surface area contributed by atoms with Crippen LogP contribution in [0.3, 0.4) is 0 Å². The second kappa shape index (κ2) is 4.90. The molecule has 20 heavy (non-hydrogen) atoms. The van der Waals surface area contributed by atoms with E-state index in [1.807, 2.05) is 13.8 Å². The van der Waals surface area contributed by atoms with Crippen LogP contribution in [0, 0.1) is 24.7 Å². The fourth-order valence-corrected chi connectivity index (χ4v) is 4.09. The lowest BCUT2D eigenvalue weighted by molar-refractivity contribution is 0.0713. The standard InChI is InChI=1S/C16H27N3O/c1-10-13(11(2)19-18-10)14(20)17-12-7-15(3,4)9-16(5,6)8-12/h12H,7-9H2,1-6H3,(H,17,20)(H,18,19). The Morgan fingerprint density at radius 2 is 1.75 bits per heavy atom. The summed E-state index contributed by atoms with van der Waals surface area (Å²) in [5, 5.41) is 10.2. The molecule has 112 valence electrons. The second-order valence-electron chi connectivity index (χ2n) is 7.89. The van der Waals surface area contributed by atoms with E-state index in [1.165, 1.54) is 6.42 Å². The van der Waals surface area contributed by atoms with Gasteiger partial charge in [0, 0.05) is 11.7 Å². The minimum Gasteiger partial charge on any atom is -0.349 e. The summed E-state index contributed by atoms with van der Waals surface area (Å²) in [5.41, 5.74) is 2.87. The molecule has 1 aliphatic carbocycles. The van der Waals surface area contributed by atoms with Crippen molar-refractivity contribution < 1.29 is 4.79 Å². The number of aryl methyl sites for hydroxylation is 2. The Kier molecular flexibility index (Phi) is 3.69. The van der Waals surface area contributed by atoms with Crippen molar-refractivity contribution >= 4 is 5.91 Å². The van der Waals surface area contributed by atoms with E-state index in [4.69, 9.17) is 0 Å². The summed E-state index contributed by atoms with van der Waals surface area (Å²) < 4.78 is 0. The van der Waals surface area contributed by atoms with Crippen LogP contribution in [-0.2, 0) is 0 Å². The van der Waals surface area contributed by atoms with Gasteiger partial charge in [-0.1, -0.05) is 27.7 Å². The van der Waals surface area contributed by atoms with Crippen molar-refractivity contribution in [2.24, 2.45) is 10.8 Å². The molecule has 1 aliphatic rings. The van der Waals surface area contributed by atoms with E-state index >= 15 is 0 Å². The fourth-order valence-electron chi connectivity index (χ4n) is 4.09. The average Bonchev–Trinajstić information content (AvgIpc) is 2.53. The lowest BCUT2D eigenvalue weighted by Gasteiger charge is -2.45. The van der Waals surface area contributed by atoms with Crippen LogP contribution < -0.4 is 5.32 Å². The fraction of sp³-hybridized carbons (Fsp3) is 0.750. The van der Waals surface area contributed by atoms with Crippen molar-refractivity contribution in [3.8, 4) is 0 Å². The maximum absolute atomic E-state index is 12.5. The highest BCUT2D eigenvalue weighted by molar-refractivity contribution is 5.96. The van der Waals surface area contributed by atoms with E-state index in [2.05, 4.69) is 43.2 Å². The van der Waals surface area contributed by atoms with Crippen LogP contribution in [0.1, 0.15) is 68.7 Å². The molecule has 0 atom stereocenters. The number of rotatable bonds is 2. The number of nitrogens with zero attached hydrogens (tertiary/aromatic N) is 1. The second-order valence-corrected chi connectivity index (χ2v) is 7.89. The average molecular weight is 277 g/mol. The van der Waals surface area contributed by atoms with E-state index in [9.17, 15) is 4.79 Å². The molecule has 0 radical (unpaired) electrons.